The molecule has 0 unspecified atom stereocenters. The molecule has 0 aliphatic heterocycles. The molecule has 0 radical (unpaired) electrons. The number of esters is 1. The van der Waals surface area contributed by atoms with Gasteiger partial charge < -0.3 is 10.1 Å². The minimum Gasteiger partial charge on any atom is -0.449 e. The van der Waals surface area contributed by atoms with Crippen LogP contribution in [0.2, 0.25) is 5.02 Å². The van der Waals surface area contributed by atoms with Gasteiger partial charge in [-0.2, -0.15) is 0 Å². The predicted molar refractivity (Wildman–Crippen MR) is 98.0 cm³/mol. The monoisotopic (exact) mass is 378 g/mol. The third-order valence-electron chi connectivity index (χ3n) is 3.24. The molecule has 0 spiro atoms. The zero-order valence-corrected chi connectivity index (χ0v) is 15.6. The zero-order chi connectivity index (χ0) is 18.2. The van der Waals surface area contributed by atoms with Crippen molar-refractivity contribution in [1.29, 1.82) is 0 Å². The molecular weight excluding hydrogens is 360 g/mol. The fourth-order valence-corrected chi connectivity index (χ4v) is 3.08. The minimum absolute atomic E-state index is 0.294. The highest BCUT2D eigenvalue weighted by atomic mass is 35.5. The van der Waals surface area contributed by atoms with E-state index < -0.39 is 12.1 Å². The number of amides is 1. The average Bonchev–Trinajstić information content (AvgIpc) is 2.61. The smallest absolute Gasteiger partial charge is 0.341 e. The second kappa shape index (κ2) is 9.44. The Kier molecular flexibility index (Phi) is 7.28. The van der Waals surface area contributed by atoms with Crippen molar-refractivity contribution in [3.8, 4) is 0 Å². The van der Waals surface area contributed by atoms with E-state index >= 15 is 0 Å². The number of carbonyl (C=O) groups is 2. The first-order valence-electron chi connectivity index (χ1n) is 7.89. The molecule has 1 aromatic carbocycles. The second-order valence-electron chi connectivity index (χ2n) is 5.23. The Labute approximate surface area is 156 Å². The number of hydrogen-bond donors (Lipinski definition) is 1. The second-order valence-corrected chi connectivity index (χ2v) is 6.67. The van der Waals surface area contributed by atoms with Gasteiger partial charge in [-0.05, 0) is 37.6 Å². The molecule has 2 rings (SSSR count). The van der Waals surface area contributed by atoms with Crippen molar-refractivity contribution in [2.24, 2.45) is 0 Å². The van der Waals surface area contributed by atoms with Crippen LogP contribution >= 0.6 is 23.4 Å². The maximum atomic E-state index is 12.4. The summed E-state index contributed by atoms with van der Waals surface area (Å²) in [6.07, 6.45) is 1.53. The van der Waals surface area contributed by atoms with Crippen LogP contribution in [0.5, 0.6) is 0 Å². The number of halogens is 1. The van der Waals surface area contributed by atoms with Gasteiger partial charge in [0.15, 0.2) is 6.10 Å². The van der Waals surface area contributed by atoms with Gasteiger partial charge in [0, 0.05) is 17.6 Å². The van der Waals surface area contributed by atoms with E-state index in [9.17, 15) is 9.59 Å². The van der Waals surface area contributed by atoms with Crippen molar-refractivity contribution in [2.45, 2.75) is 36.3 Å². The molecule has 5 nitrogen and oxygen atoms in total. The van der Waals surface area contributed by atoms with Gasteiger partial charge in [0.05, 0.1) is 10.6 Å². The molecule has 1 amide bonds. The van der Waals surface area contributed by atoms with Gasteiger partial charge in [-0.1, -0.05) is 42.4 Å². The average molecular weight is 379 g/mol. The van der Waals surface area contributed by atoms with Crippen LogP contribution in [0, 0.1) is 0 Å². The highest BCUT2D eigenvalue weighted by molar-refractivity contribution is 7.99. The number of benzene rings is 1. The summed E-state index contributed by atoms with van der Waals surface area (Å²) in [6.45, 7) is 4.03. The Hall–Kier alpha value is -2.05. The molecule has 0 saturated heterocycles. The molecule has 0 aliphatic rings. The van der Waals surface area contributed by atoms with Crippen molar-refractivity contribution in [3.05, 3.63) is 53.2 Å². The fraction of sp³-hybridized carbons (Fsp3) is 0.278. The maximum absolute atomic E-state index is 12.4. The van der Waals surface area contributed by atoms with Crippen molar-refractivity contribution < 1.29 is 14.3 Å². The Morgan fingerprint density at radius 3 is 2.76 bits per heavy atom. The van der Waals surface area contributed by atoms with Crippen LogP contribution in [-0.2, 0) is 9.53 Å². The first kappa shape index (κ1) is 19.3. The molecule has 1 aromatic heterocycles. The topological polar surface area (TPSA) is 68.3 Å². The normalized spacial score (nSPS) is 11.6. The first-order chi connectivity index (χ1) is 12.0. The number of rotatable bonds is 7. The van der Waals surface area contributed by atoms with Crippen LogP contribution in [0.4, 0.5) is 0 Å². The van der Waals surface area contributed by atoms with Crippen LogP contribution in [0.1, 0.15) is 30.6 Å². The van der Waals surface area contributed by atoms with Crippen LogP contribution in [0.25, 0.3) is 0 Å². The lowest BCUT2D eigenvalue weighted by atomic mass is 10.3. The van der Waals surface area contributed by atoms with Gasteiger partial charge in [-0.25, -0.2) is 9.78 Å². The first-order valence-corrected chi connectivity index (χ1v) is 9.08. The Morgan fingerprint density at radius 2 is 2.04 bits per heavy atom. The van der Waals surface area contributed by atoms with Gasteiger partial charge in [0.25, 0.3) is 5.91 Å². The van der Waals surface area contributed by atoms with Crippen LogP contribution in [-0.4, -0.2) is 29.5 Å². The van der Waals surface area contributed by atoms with E-state index in [2.05, 4.69) is 10.3 Å². The number of nitrogens with one attached hydrogen (secondary N) is 1. The van der Waals surface area contributed by atoms with Gasteiger partial charge in [0.2, 0.25) is 0 Å². The van der Waals surface area contributed by atoms with E-state index in [1.165, 1.54) is 11.8 Å². The van der Waals surface area contributed by atoms with E-state index in [1.807, 2.05) is 25.1 Å². The van der Waals surface area contributed by atoms with Crippen molar-refractivity contribution in [1.82, 2.24) is 10.3 Å². The molecule has 1 atom stereocenters. The Morgan fingerprint density at radius 1 is 1.28 bits per heavy atom. The number of ether oxygens (including phenoxy) is 1. The van der Waals surface area contributed by atoms with Gasteiger partial charge in [-0.15, -0.1) is 0 Å². The number of hydrogen-bond acceptors (Lipinski definition) is 5. The van der Waals surface area contributed by atoms with Crippen LogP contribution in [0.3, 0.4) is 0 Å². The third kappa shape index (κ3) is 5.47. The van der Waals surface area contributed by atoms with E-state index in [0.717, 1.165) is 11.3 Å². The lowest BCUT2D eigenvalue weighted by Gasteiger charge is -2.14. The number of aromatic nitrogens is 1. The molecule has 0 aliphatic carbocycles. The molecule has 1 N–H and O–H groups in total. The number of carbonyl (C=O) groups excluding carboxylic acids is 2. The fourth-order valence-electron chi connectivity index (χ4n) is 1.93. The summed E-state index contributed by atoms with van der Waals surface area (Å²) in [4.78, 5) is 29.3. The van der Waals surface area contributed by atoms with Gasteiger partial charge in [0.1, 0.15) is 5.03 Å². The molecule has 2 aromatic rings. The number of pyridine rings is 1. The predicted octanol–water partition coefficient (Wildman–Crippen LogP) is 3.96. The van der Waals surface area contributed by atoms with Crippen molar-refractivity contribution in [3.63, 3.8) is 0 Å². The summed E-state index contributed by atoms with van der Waals surface area (Å²) >= 11 is 7.44. The summed E-state index contributed by atoms with van der Waals surface area (Å²) in [7, 11) is 0. The lowest BCUT2D eigenvalue weighted by molar-refractivity contribution is -0.129. The molecule has 0 fully saturated rings. The summed E-state index contributed by atoms with van der Waals surface area (Å²) in [5.74, 6) is -0.916. The van der Waals surface area contributed by atoms with Crippen LogP contribution in [0.15, 0.2) is 52.5 Å². The zero-order valence-electron chi connectivity index (χ0n) is 14.0. The molecule has 132 valence electrons. The molecule has 0 saturated carbocycles. The highest BCUT2D eigenvalue weighted by Gasteiger charge is 2.21. The van der Waals surface area contributed by atoms with E-state index in [1.54, 1.807) is 31.3 Å². The Bertz CT molecular complexity index is 755. The Balaban J connectivity index is 2.13. The van der Waals surface area contributed by atoms with E-state index in [-0.39, 0.29) is 5.91 Å². The summed E-state index contributed by atoms with van der Waals surface area (Å²) < 4.78 is 5.27. The van der Waals surface area contributed by atoms with Crippen molar-refractivity contribution >= 4 is 35.2 Å². The number of nitrogens with zero attached hydrogens (tertiary/aromatic N) is 1. The molecule has 7 heteroatoms. The van der Waals surface area contributed by atoms with Crippen LogP contribution < -0.4 is 5.32 Å². The largest absolute Gasteiger partial charge is 0.449 e. The van der Waals surface area contributed by atoms with Crippen molar-refractivity contribution in [2.75, 3.05) is 6.54 Å². The van der Waals surface area contributed by atoms with E-state index in [4.69, 9.17) is 16.3 Å². The molecule has 25 heavy (non-hydrogen) atoms. The lowest BCUT2D eigenvalue weighted by Crippen LogP contribution is -2.36. The SMILES string of the molecule is CCCNC(=O)[C@@H](C)OC(=O)c1cccnc1Sc1ccccc1Cl. The standard InChI is InChI=1S/C18H19ClN2O3S/c1-3-10-20-16(22)12(2)24-18(23)13-7-6-11-21-17(13)25-15-9-5-4-8-14(15)19/h4-9,11-12H,3,10H2,1-2H3,(H,20,22)/t12-/m1/s1. The quantitative estimate of drug-likeness (QED) is 0.738. The van der Waals surface area contributed by atoms with E-state index in [0.29, 0.717) is 22.2 Å². The third-order valence-corrected chi connectivity index (χ3v) is 4.77. The maximum Gasteiger partial charge on any atom is 0.341 e. The molecule has 1 heterocycles. The summed E-state index contributed by atoms with van der Waals surface area (Å²) in [5.41, 5.74) is 0.294. The highest BCUT2D eigenvalue weighted by Crippen LogP contribution is 2.33. The molecule has 0 bridgehead atoms. The summed E-state index contributed by atoms with van der Waals surface area (Å²) in [5, 5.41) is 3.74. The molecular formula is C18H19ClN2O3S. The minimum atomic E-state index is -0.877. The van der Waals surface area contributed by atoms with Gasteiger partial charge in [-0.3, -0.25) is 4.79 Å². The summed E-state index contributed by atoms with van der Waals surface area (Å²) in [6, 6.07) is 10.6. The van der Waals surface area contributed by atoms with Gasteiger partial charge >= 0.3 is 5.97 Å².